The molecule has 2 atom stereocenters. The largest absolute Gasteiger partial charge is 0.299 e. The van der Waals surface area contributed by atoms with Crippen molar-refractivity contribution < 1.29 is 4.79 Å². The Morgan fingerprint density at radius 1 is 0.882 bits per heavy atom. The topological polar surface area (TPSA) is 17.1 Å². The van der Waals surface area contributed by atoms with E-state index in [1.807, 2.05) is 0 Å². The molecule has 2 aliphatic rings. The molecule has 98 valence electrons. The van der Waals surface area contributed by atoms with Crippen LogP contribution in [-0.2, 0) is 4.79 Å². The van der Waals surface area contributed by atoms with Gasteiger partial charge in [0.2, 0.25) is 0 Å². The Kier molecular flexibility index (Phi) is 4.27. The van der Waals surface area contributed by atoms with Gasteiger partial charge in [-0.25, -0.2) is 0 Å². The van der Waals surface area contributed by atoms with E-state index in [1.165, 1.54) is 44.9 Å². The van der Waals surface area contributed by atoms with E-state index in [-0.39, 0.29) is 0 Å². The third kappa shape index (κ3) is 2.92. The molecule has 1 heteroatoms. The minimum atomic E-state index is 0.370. The monoisotopic (exact) mass is 236 g/mol. The average molecular weight is 236 g/mol. The molecule has 0 N–H and O–H groups in total. The zero-order valence-corrected chi connectivity index (χ0v) is 11.7. The van der Waals surface area contributed by atoms with Gasteiger partial charge in [0.15, 0.2) is 0 Å². The lowest BCUT2D eigenvalue weighted by molar-refractivity contribution is -0.132. The summed E-state index contributed by atoms with van der Waals surface area (Å²) in [5.74, 6) is 3.44. The van der Waals surface area contributed by atoms with Crippen LogP contribution in [0.3, 0.4) is 0 Å². The van der Waals surface area contributed by atoms with Crippen LogP contribution in [0.15, 0.2) is 0 Å². The van der Waals surface area contributed by atoms with Gasteiger partial charge >= 0.3 is 0 Å². The van der Waals surface area contributed by atoms with Gasteiger partial charge in [-0.2, -0.15) is 0 Å². The zero-order chi connectivity index (χ0) is 12.4. The first kappa shape index (κ1) is 13.1. The molecule has 2 aliphatic carbocycles. The van der Waals surface area contributed by atoms with Crippen molar-refractivity contribution in [3.8, 4) is 0 Å². The van der Waals surface area contributed by atoms with Crippen molar-refractivity contribution in [3.63, 3.8) is 0 Å². The quantitative estimate of drug-likeness (QED) is 0.692. The van der Waals surface area contributed by atoms with Crippen molar-refractivity contribution in [3.05, 3.63) is 0 Å². The van der Waals surface area contributed by atoms with Crippen LogP contribution in [0.4, 0.5) is 0 Å². The molecule has 2 unspecified atom stereocenters. The lowest BCUT2D eigenvalue weighted by atomic mass is 9.65. The number of hydrogen-bond acceptors (Lipinski definition) is 1. The van der Waals surface area contributed by atoms with Crippen LogP contribution < -0.4 is 0 Å². The molecule has 1 nitrogen and oxygen atoms in total. The first-order valence-electron chi connectivity index (χ1n) is 7.63. The van der Waals surface area contributed by atoms with E-state index in [4.69, 9.17) is 0 Å². The summed E-state index contributed by atoms with van der Waals surface area (Å²) in [4.78, 5) is 12.7. The van der Waals surface area contributed by atoms with Crippen molar-refractivity contribution in [2.24, 2.45) is 29.6 Å². The first-order valence-corrected chi connectivity index (χ1v) is 7.63. The molecule has 2 saturated carbocycles. The number of carbonyl (C=O) groups excluding carboxylic acids is 1. The highest BCUT2D eigenvalue weighted by molar-refractivity contribution is 5.84. The number of hydrogen-bond donors (Lipinski definition) is 0. The van der Waals surface area contributed by atoms with Crippen molar-refractivity contribution in [1.29, 1.82) is 0 Å². The lowest BCUT2D eigenvalue weighted by Gasteiger charge is -2.39. The van der Waals surface area contributed by atoms with Gasteiger partial charge in [-0.1, -0.05) is 40.0 Å². The maximum Gasteiger partial charge on any atom is 0.139 e. The smallest absolute Gasteiger partial charge is 0.139 e. The fourth-order valence-corrected chi connectivity index (χ4v) is 4.44. The van der Waals surface area contributed by atoms with Crippen LogP contribution in [0.25, 0.3) is 0 Å². The second-order valence-electron chi connectivity index (χ2n) is 6.79. The molecule has 0 radical (unpaired) electrons. The maximum absolute atomic E-state index is 12.7. The van der Waals surface area contributed by atoms with Crippen molar-refractivity contribution in [2.45, 2.75) is 65.7 Å². The summed E-state index contributed by atoms with van der Waals surface area (Å²) in [5.41, 5.74) is 0. The summed E-state index contributed by atoms with van der Waals surface area (Å²) in [7, 11) is 0. The highest BCUT2D eigenvalue weighted by Gasteiger charge is 2.38. The Bertz CT molecular complexity index is 253. The van der Waals surface area contributed by atoms with Crippen LogP contribution in [0.5, 0.6) is 0 Å². The molecule has 0 amide bonds. The SMILES string of the molecule is CC1CC(C)C(C(=O)C2CCCCC2)C(C)C1. The van der Waals surface area contributed by atoms with Crippen molar-refractivity contribution in [1.82, 2.24) is 0 Å². The Hall–Kier alpha value is -0.330. The Morgan fingerprint density at radius 2 is 1.41 bits per heavy atom. The van der Waals surface area contributed by atoms with Crippen molar-refractivity contribution >= 4 is 5.78 Å². The molecule has 0 saturated heterocycles. The van der Waals surface area contributed by atoms with Gasteiger partial charge in [0, 0.05) is 11.8 Å². The summed E-state index contributed by atoms with van der Waals surface area (Å²) < 4.78 is 0. The lowest BCUT2D eigenvalue weighted by Crippen LogP contribution is -2.38. The summed E-state index contributed by atoms with van der Waals surface area (Å²) in [6, 6.07) is 0. The molecule has 0 aromatic rings. The third-order valence-corrected chi connectivity index (χ3v) is 5.11. The van der Waals surface area contributed by atoms with E-state index in [0.717, 1.165) is 5.92 Å². The molecule has 0 aromatic carbocycles. The fraction of sp³-hybridized carbons (Fsp3) is 0.938. The predicted octanol–water partition coefficient (Wildman–Crippen LogP) is 4.45. The van der Waals surface area contributed by atoms with Gasteiger partial charge in [0.25, 0.3) is 0 Å². The normalized spacial score (nSPS) is 40.2. The van der Waals surface area contributed by atoms with Crippen LogP contribution in [0.1, 0.15) is 65.7 Å². The van der Waals surface area contributed by atoms with Gasteiger partial charge in [-0.15, -0.1) is 0 Å². The number of ketones is 1. The van der Waals surface area contributed by atoms with E-state index < -0.39 is 0 Å². The molecule has 2 rings (SSSR count). The van der Waals surface area contributed by atoms with E-state index in [1.54, 1.807) is 0 Å². The molecule has 2 fully saturated rings. The second kappa shape index (κ2) is 5.54. The third-order valence-electron chi connectivity index (χ3n) is 5.11. The molecular weight excluding hydrogens is 208 g/mol. The Labute approximate surface area is 106 Å². The van der Waals surface area contributed by atoms with Gasteiger partial charge in [0.1, 0.15) is 5.78 Å². The molecular formula is C16H28O. The minimum absolute atomic E-state index is 0.370. The molecule has 0 spiro atoms. The average Bonchev–Trinajstić information content (AvgIpc) is 2.28. The molecule has 17 heavy (non-hydrogen) atoms. The Morgan fingerprint density at radius 3 is 1.94 bits per heavy atom. The first-order chi connectivity index (χ1) is 8.09. The minimum Gasteiger partial charge on any atom is -0.299 e. The van der Waals surface area contributed by atoms with Gasteiger partial charge in [-0.3, -0.25) is 4.79 Å². The fourth-order valence-electron chi connectivity index (χ4n) is 4.44. The van der Waals surface area contributed by atoms with Crippen molar-refractivity contribution in [2.75, 3.05) is 0 Å². The van der Waals surface area contributed by atoms with Crippen LogP contribution >= 0.6 is 0 Å². The predicted molar refractivity (Wildman–Crippen MR) is 71.8 cm³/mol. The number of rotatable bonds is 2. The maximum atomic E-state index is 12.7. The van der Waals surface area contributed by atoms with E-state index in [2.05, 4.69) is 20.8 Å². The molecule has 0 aliphatic heterocycles. The van der Waals surface area contributed by atoms with Crippen LogP contribution in [-0.4, -0.2) is 5.78 Å². The summed E-state index contributed by atoms with van der Waals surface area (Å²) in [5, 5.41) is 0. The summed E-state index contributed by atoms with van der Waals surface area (Å²) >= 11 is 0. The van der Waals surface area contributed by atoms with Gasteiger partial charge in [0.05, 0.1) is 0 Å². The van der Waals surface area contributed by atoms with Crippen LogP contribution in [0, 0.1) is 29.6 Å². The zero-order valence-electron chi connectivity index (χ0n) is 11.7. The van der Waals surface area contributed by atoms with Gasteiger partial charge < -0.3 is 0 Å². The standard InChI is InChI=1S/C16H28O/c1-11-9-12(2)15(13(3)10-11)16(17)14-7-5-4-6-8-14/h11-15H,4-10H2,1-3H3. The van der Waals surface area contributed by atoms with E-state index in [9.17, 15) is 4.79 Å². The van der Waals surface area contributed by atoms with E-state index >= 15 is 0 Å². The highest BCUT2D eigenvalue weighted by atomic mass is 16.1. The molecule has 0 aromatic heterocycles. The Balaban J connectivity index is 2.01. The molecule has 0 heterocycles. The van der Waals surface area contributed by atoms with Gasteiger partial charge in [-0.05, 0) is 43.4 Å². The van der Waals surface area contributed by atoms with Crippen LogP contribution in [0.2, 0.25) is 0 Å². The summed E-state index contributed by atoms with van der Waals surface area (Å²) in [6.07, 6.45) is 8.76. The number of Topliss-reactive ketones (excluding diaryl/α,β-unsaturated/α-hetero) is 1. The van der Waals surface area contributed by atoms with E-state index in [0.29, 0.717) is 29.5 Å². The summed E-state index contributed by atoms with van der Waals surface area (Å²) in [6.45, 7) is 6.95. The second-order valence-corrected chi connectivity index (χ2v) is 6.79. The highest BCUT2D eigenvalue weighted by Crippen LogP contribution is 2.41. The number of carbonyl (C=O) groups is 1. The molecule has 0 bridgehead atoms.